The molecule has 1 aliphatic rings. The monoisotopic (exact) mass is 144 g/mol. The molecule has 1 saturated heterocycles. The first-order valence-electron chi connectivity index (χ1n) is 3.26. The van der Waals surface area contributed by atoms with Crippen LogP contribution >= 0.6 is 11.8 Å². The molecule has 0 radical (unpaired) electrons. The molecule has 1 heterocycles. The second kappa shape index (κ2) is 2.33. The Hall–Kier alpha value is 0.0200. The van der Waals surface area contributed by atoms with Crippen molar-refractivity contribution in [1.29, 1.82) is 0 Å². The van der Waals surface area contributed by atoms with Crippen molar-refractivity contribution in [3.8, 4) is 0 Å². The molecule has 0 spiro atoms. The van der Waals surface area contributed by atoms with Gasteiger partial charge in [0.15, 0.2) is 0 Å². The Bertz CT molecular complexity index is 129. The Morgan fingerprint density at radius 3 is 2.56 bits per heavy atom. The van der Waals surface area contributed by atoms with Crippen LogP contribution in [0.1, 0.15) is 26.7 Å². The Kier molecular flexibility index (Phi) is 1.85. The largest absolute Gasteiger partial charge is 0.300 e. The zero-order valence-electron chi connectivity index (χ0n) is 5.94. The van der Waals surface area contributed by atoms with Crippen LogP contribution in [0.25, 0.3) is 0 Å². The molecule has 0 atom stereocenters. The van der Waals surface area contributed by atoms with Crippen LogP contribution in [0.3, 0.4) is 0 Å². The fourth-order valence-corrected chi connectivity index (χ4v) is 2.20. The van der Waals surface area contributed by atoms with Gasteiger partial charge in [-0.05, 0) is 0 Å². The lowest BCUT2D eigenvalue weighted by molar-refractivity contribution is -0.119. The van der Waals surface area contributed by atoms with Crippen LogP contribution in [0.5, 0.6) is 0 Å². The molecule has 9 heavy (non-hydrogen) atoms. The van der Waals surface area contributed by atoms with E-state index < -0.39 is 0 Å². The van der Waals surface area contributed by atoms with Gasteiger partial charge in [0.25, 0.3) is 0 Å². The van der Waals surface area contributed by atoms with Crippen molar-refractivity contribution >= 4 is 17.5 Å². The first kappa shape index (κ1) is 7.13. The van der Waals surface area contributed by atoms with Crippen molar-refractivity contribution in [2.45, 2.75) is 31.4 Å². The molecular formula is C7H12OS. The lowest BCUT2D eigenvalue weighted by atomic mass is 10.0. The third-order valence-electron chi connectivity index (χ3n) is 1.50. The number of hydrogen-bond acceptors (Lipinski definition) is 2. The average Bonchev–Trinajstić information content (AvgIpc) is 1.60. The van der Waals surface area contributed by atoms with E-state index in [1.807, 2.05) is 11.8 Å². The summed E-state index contributed by atoms with van der Waals surface area (Å²) < 4.78 is 0.218. The Labute approximate surface area is 60.2 Å². The topological polar surface area (TPSA) is 17.1 Å². The van der Waals surface area contributed by atoms with E-state index in [1.54, 1.807) is 0 Å². The van der Waals surface area contributed by atoms with Crippen LogP contribution in [0.15, 0.2) is 0 Å². The van der Waals surface area contributed by atoms with Crippen LogP contribution in [-0.4, -0.2) is 16.3 Å². The van der Waals surface area contributed by atoms with E-state index in [1.165, 1.54) is 0 Å². The summed E-state index contributed by atoms with van der Waals surface area (Å²) in [5, 5.41) is 0. The first-order chi connectivity index (χ1) is 4.10. The number of Topliss-reactive ketones (excluding diaryl/α,β-unsaturated/α-hetero) is 1. The molecule has 0 N–H and O–H groups in total. The van der Waals surface area contributed by atoms with Gasteiger partial charge in [-0.1, -0.05) is 13.8 Å². The van der Waals surface area contributed by atoms with Gasteiger partial charge in [0, 0.05) is 23.3 Å². The van der Waals surface area contributed by atoms with Crippen molar-refractivity contribution in [3.05, 3.63) is 0 Å². The van der Waals surface area contributed by atoms with Crippen LogP contribution in [0, 0.1) is 0 Å². The number of carbonyl (C=O) groups excluding carboxylic acids is 1. The molecule has 0 amide bonds. The second-order valence-corrected chi connectivity index (χ2v) is 4.88. The normalized spacial score (nSPS) is 26.2. The lowest BCUT2D eigenvalue weighted by Crippen LogP contribution is -2.25. The van der Waals surface area contributed by atoms with E-state index in [4.69, 9.17) is 0 Å². The molecule has 0 bridgehead atoms. The van der Waals surface area contributed by atoms with Gasteiger partial charge in [-0.3, -0.25) is 4.79 Å². The van der Waals surface area contributed by atoms with Gasteiger partial charge >= 0.3 is 0 Å². The van der Waals surface area contributed by atoms with Crippen LogP contribution in [0.4, 0.5) is 0 Å². The number of thioether (sulfide) groups is 1. The molecule has 1 rings (SSSR count). The van der Waals surface area contributed by atoms with Crippen LogP contribution in [-0.2, 0) is 4.79 Å². The van der Waals surface area contributed by atoms with E-state index >= 15 is 0 Å². The van der Waals surface area contributed by atoms with Crippen molar-refractivity contribution < 1.29 is 4.79 Å². The van der Waals surface area contributed by atoms with Crippen LogP contribution < -0.4 is 0 Å². The van der Waals surface area contributed by atoms with Gasteiger partial charge in [0.05, 0.1) is 0 Å². The highest BCUT2D eigenvalue weighted by Crippen LogP contribution is 2.33. The Morgan fingerprint density at radius 2 is 2.22 bits per heavy atom. The summed E-state index contributed by atoms with van der Waals surface area (Å²) >= 11 is 1.90. The van der Waals surface area contributed by atoms with Crippen molar-refractivity contribution in [3.63, 3.8) is 0 Å². The predicted octanol–water partition coefficient (Wildman–Crippen LogP) is 1.86. The zero-order valence-corrected chi connectivity index (χ0v) is 6.75. The fourth-order valence-electron chi connectivity index (χ4n) is 1.06. The van der Waals surface area contributed by atoms with E-state index in [0.29, 0.717) is 5.78 Å². The summed E-state index contributed by atoms with van der Waals surface area (Å²) in [6.07, 6.45) is 1.55. The Balaban J connectivity index is 2.51. The number of ketones is 1. The maximum atomic E-state index is 10.9. The third kappa shape index (κ3) is 2.01. The summed E-state index contributed by atoms with van der Waals surface area (Å²) in [6, 6.07) is 0. The predicted molar refractivity (Wildman–Crippen MR) is 40.8 cm³/mol. The maximum Gasteiger partial charge on any atom is 0.135 e. The molecule has 0 aromatic rings. The summed E-state index contributed by atoms with van der Waals surface area (Å²) in [6.45, 7) is 4.27. The lowest BCUT2D eigenvalue weighted by Gasteiger charge is -2.27. The highest BCUT2D eigenvalue weighted by atomic mass is 32.2. The van der Waals surface area contributed by atoms with E-state index in [2.05, 4.69) is 13.8 Å². The molecule has 0 aromatic carbocycles. The van der Waals surface area contributed by atoms with E-state index in [-0.39, 0.29) is 4.75 Å². The number of hydrogen-bond donors (Lipinski definition) is 0. The minimum atomic E-state index is 0.218. The smallest absolute Gasteiger partial charge is 0.135 e. The van der Waals surface area contributed by atoms with Gasteiger partial charge < -0.3 is 0 Å². The van der Waals surface area contributed by atoms with E-state index in [9.17, 15) is 4.79 Å². The standard InChI is InChI=1S/C7H12OS/c1-7(2)5-6(8)3-4-9-7/h3-5H2,1-2H3. The highest BCUT2D eigenvalue weighted by Gasteiger charge is 2.26. The summed E-state index contributed by atoms with van der Waals surface area (Å²) in [7, 11) is 0. The van der Waals surface area contributed by atoms with Gasteiger partial charge in [-0.2, -0.15) is 11.8 Å². The molecular weight excluding hydrogens is 132 g/mol. The van der Waals surface area contributed by atoms with Crippen LogP contribution in [0.2, 0.25) is 0 Å². The van der Waals surface area contributed by atoms with Gasteiger partial charge in [-0.25, -0.2) is 0 Å². The van der Waals surface area contributed by atoms with Crippen molar-refractivity contribution in [1.82, 2.24) is 0 Å². The highest BCUT2D eigenvalue weighted by molar-refractivity contribution is 8.00. The molecule has 1 fully saturated rings. The summed E-state index contributed by atoms with van der Waals surface area (Å²) in [5.74, 6) is 1.45. The van der Waals surface area contributed by atoms with Crippen molar-refractivity contribution in [2.24, 2.45) is 0 Å². The maximum absolute atomic E-state index is 10.9. The number of carbonyl (C=O) groups is 1. The molecule has 52 valence electrons. The van der Waals surface area contributed by atoms with Gasteiger partial charge in [0.2, 0.25) is 0 Å². The van der Waals surface area contributed by atoms with Gasteiger partial charge in [-0.15, -0.1) is 0 Å². The Morgan fingerprint density at radius 1 is 1.56 bits per heavy atom. The molecule has 2 heteroatoms. The summed E-state index contributed by atoms with van der Waals surface area (Å²) in [4.78, 5) is 10.9. The fraction of sp³-hybridized carbons (Fsp3) is 0.857. The zero-order chi connectivity index (χ0) is 6.91. The summed E-state index contributed by atoms with van der Waals surface area (Å²) in [5.41, 5.74) is 0. The molecule has 0 unspecified atom stereocenters. The third-order valence-corrected chi connectivity index (χ3v) is 2.83. The SMILES string of the molecule is CC1(C)CC(=O)CCS1. The molecule has 1 nitrogen and oxygen atoms in total. The van der Waals surface area contributed by atoms with E-state index in [0.717, 1.165) is 18.6 Å². The molecule has 1 aliphatic heterocycles. The number of rotatable bonds is 0. The minimum absolute atomic E-state index is 0.218. The quantitative estimate of drug-likeness (QED) is 0.516. The van der Waals surface area contributed by atoms with Crippen molar-refractivity contribution in [2.75, 3.05) is 5.75 Å². The van der Waals surface area contributed by atoms with Gasteiger partial charge in [0.1, 0.15) is 5.78 Å². The molecule has 0 aliphatic carbocycles. The average molecular weight is 144 g/mol. The molecule has 0 saturated carbocycles. The minimum Gasteiger partial charge on any atom is -0.300 e. The second-order valence-electron chi connectivity index (χ2n) is 3.07. The molecule has 0 aromatic heterocycles. The first-order valence-corrected chi connectivity index (χ1v) is 4.24.